The van der Waals surface area contributed by atoms with Crippen LogP contribution < -0.4 is 11.1 Å². The average Bonchev–Trinajstić information content (AvgIpc) is 2.74. The summed E-state index contributed by atoms with van der Waals surface area (Å²) >= 11 is 0. The number of hydrogen-bond donors (Lipinski definition) is 2. The highest BCUT2D eigenvalue weighted by atomic mass is 19.4. The molecule has 0 aliphatic rings. The lowest BCUT2D eigenvalue weighted by Crippen LogP contribution is -2.18. The number of nitro groups is 1. The molecular formula is C23H24F3N3O3. The highest BCUT2D eigenvalue weighted by Crippen LogP contribution is 2.37. The van der Waals surface area contributed by atoms with Crippen LogP contribution in [-0.4, -0.2) is 23.9 Å². The highest BCUT2D eigenvalue weighted by Gasteiger charge is 2.35. The molecule has 0 amide bonds. The lowest BCUT2D eigenvalue weighted by atomic mass is 9.96. The molecule has 9 heteroatoms. The number of benzene rings is 2. The quantitative estimate of drug-likeness (QED) is 0.262. The number of non-ortho nitro benzene ring substituents is 1. The Morgan fingerprint density at radius 3 is 2.12 bits per heavy atom. The number of ketones is 1. The Bertz CT molecular complexity index is 1040. The number of carbonyl (C=O) groups excluding carboxylic acids is 1. The molecular weight excluding hydrogens is 423 g/mol. The fourth-order valence-corrected chi connectivity index (χ4v) is 2.81. The van der Waals surface area contributed by atoms with Gasteiger partial charge in [-0.15, -0.1) is 0 Å². The van der Waals surface area contributed by atoms with Gasteiger partial charge in [-0.1, -0.05) is 49.0 Å². The summed E-state index contributed by atoms with van der Waals surface area (Å²) in [4.78, 5) is 22.2. The van der Waals surface area contributed by atoms with Crippen molar-refractivity contribution >= 4 is 22.7 Å². The van der Waals surface area contributed by atoms with Crippen molar-refractivity contribution in [1.29, 1.82) is 0 Å². The maximum absolute atomic E-state index is 13.5. The molecule has 0 radical (unpaired) electrons. The number of nitrogens with one attached hydrogen (secondary N) is 1. The van der Waals surface area contributed by atoms with Gasteiger partial charge in [0.1, 0.15) is 0 Å². The van der Waals surface area contributed by atoms with E-state index in [1.165, 1.54) is 63.4 Å². The Kier molecular flexibility index (Phi) is 9.55. The van der Waals surface area contributed by atoms with Crippen molar-refractivity contribution in [3.05, 3.63) is 99.8 Å². The van der Waals surface area contributed by atoms with Crippen molar-refractivity contribution in [1.82, 2.24) is 5.32 Å². The Morgan fingerprint density at radius 2 is 1.62 bits per heavy atom. The smallest absolute Gasteiger partial charge is 0.358 e. The van der Waals surface area contributed by atoms with E-state index < -0.39 is 16.7 Å². The first-order valence-electron chi connectivity index (χ1n) is 9.35. The second kappa shape index (κ2) is 11.6. The summed E-state index contributed by atoms with van der Waals surface area (Å²) in [7, 11) is 1.50. The summed E-state index contributed by atoms with van der Waals surface area (Å²) in [6.07, 6.45) is -3.51. The van der Waals surface area contributed by atoms with Crippen molar-refractivity contribution in [2.24, 2.45) is 5.73 Å². The van der Waals surface area contributed by atoms with Crippen LogP contribution in [0.15, 0.2) is 78.5 Å². The third-order valence-corrected chi connectivity index (χ3v) is 4.12. The molecule has 0 atom stereocenters. The van der Waals surface area contributed by atoms with Crippen LogP contribution in [0.25, 0.3) is 11.3 Å². The first kappa shape index (κ1) is 26.3. The SMILES string of the molecule is C=C(/C(=C(\C)N/C(=C\C(C)=O)c1cccc([N+](=O)[O-])c1)c1ccccc1)C(F)(F)F.CN. The van der Waals surface area contributed by atoms with Gasteiger partial charge in [0, 0.05) is 40.7 Å². The molecule has 0 heterocycles. The maximum atomic E-state index is 13.5. The predicted octanol–water partition coefficient (Wildman–Crippen LogP) is 5.24. The van der Waals surface area contributed by atoms with Gasteiger partial charge in [0.2, 0.25) is 0 Å². The lowest BCUT2D eigenvalue weighted by molar-refractivity contribution is -0.384. The van der Waals surface area contributed by atoms with E-state index in [4.69, 9.17) is 0 Å². The van der Waals surface area contributed by atoms with Crippen molar-refractivity contribution < 1.29 is 22.9 Å². The van der Waals surface area contributed by atoms with Gasteiger partial charge < -0.3 is 11.1 Å². The highest BCUT2D eigenvalue weighted by molar-refractivity contribution is 5.95. The van der Waals surface area contributed by atoms with E-state index in [0.29, 0.717) is 0 Å². The zero-order valence-electron chi connectivity index (χ0n) is 17.9. The summed E-state index contributed by atoms with van der Waals surface area (Å²) in [6.45, 7) is 5.89. The molecule has 32 heavy (non-hydrogen) atoms. The number of nitro benzene ring substituents is 1. The van der Waals surface area contributed by atoms with Crippen LogP contribution in [0, 0.1) is 10.1 Å². The van der Waals surface area contributed by atoms with Crippen LogP contribution >= 0.6 is 0 Å². The lowest BCUT2D eigenvalue weighted by Gasteiger charge is -2.20. The number of halogens is 3. The number of nitrogens with zero attached hydrogens (tertiary/aromatic N) is 1. The van der Waals surface area contributed by atoms with Gasteiger partial charge in [0.25, 0.3) is 5.69 Å². The van der Waals surface area contributed by atoms with E-state index in [9.17, 15) is 28.1 Å². The number of carbonyl (C=O) groups is 1. The van der Waals surface area contributed by atoms with Crippen molar-refractivity contribution in [3.8, 4) is 0 Å². The van der Waals surface area contributed by atoms with Gasteiger partial charge in [-0.25, -0.2) is 0 Å². The maximum Gasteiger partial charge on any atom is 0.416 e. The van der Waals surface area contributed by atoms with Gasteiger partial charge >= 0.3 is 6.18 Å². The number of allylic oxidation sites excluding steroid dienone is 4. The zero-order chi connectivity index (χ0) is 24.5. The molecule has 2 aromatic rings. The predicted molar refractivity (Wildman–Crippen MR) is 119 cm³/mol. The summed E-state index contributed by atoms with van der Waals surface area (Å²) < 4.78 is 40.4. The van der Waals surface area contributed by atoms with Gasteiger partial charge in [0.05, 0.1) is 10.5 Å². The number of alkyl halides is 3. The van der Waals surface area contributed by atoms with Crippen LogP contribution in [0.5, 0.6) is 0 Å². The second-order valence-corrected chi connectivity index (χ2v) is 6.44. The molecule has 2 aromatic carbocycles. The Hall–Kier alpha value is -3.72. The summed E-state index contributed by atoms with van der Waals surface area (Å²) in [6, 6.07) is 13.3. The van der Waals surface area contributed by atoms with Crippen molar-refractivity contribution in [2.45, 2.75) is 20.0 Å². The third-order valence-electron chi connectivity index (χ3n) is 4.12. The molecule has 0 aromatic heterocycles. The van der Waals surface area contributed by atoms with Crippen LogP contribution in [0.2, 0.25) is 0 Å². The van der Waals surface area contributed by atoms with Gasteiger partial charge in [-0.2, -0.15) is 13.2 Å². The van der Waals surface area contributed by atoms with E-state index >= 15 is 0 Å². The first-order chi connectivity index (χ1) is 15.0. The average molecular weight is 447 g/mol. The van der Waals surface area contributed by atoms with Crippen LogP contribution in [0.3, 0.4) is 0 Å². The van der Waals surface area contributed by atoms with Gasteiger partial charge in [0.15, 0.2) is 5.78 Å². The van der Waals surface area contributed by atoms with E-state index in [-0.39, 0.29) is 39.6 Å². The largest absolute Gasteiger partial charge is 0.416 e. The standard InChI is InChI=1S/C22H19F3N2O3.CH5N/c1-14(28)12-20(18-10-7-11-19(13-18)27(29)30)26-16(3)21(15(2)22(23,24)25)17-8-5-4-6-9-17;1-2/h4-13,26H,2H2,1,3H3;2H2,1H3/b20-12-,21-16-;. The Labute approximate surface area is 184 Å². The molecule has 0 bridgehead atoms. The van der Waals surface area contributed by atoms with Crippen molar-refractivity contribution in [2.75, 3.05) is 7.05 Å². The van der Waals surface area contributed by atoms with E-state index in [2.05, 4.69) is 17.6 Å². The van der Waals surface area contributed by atoms with Crippen LogP contribution in [-0.2, 0) is 4.79 Å². The topological polar surface area (TPSA) is 98.3 Å². The minimum Gasteiger partial charge on any atom is -0.358 e. The van der Waals surface area contributed by atoms with Crippen molar-refractivity contribution in [3.63, 3.8) is 0 Å². The minimum atomic E-state index is -4.68. The molecule has 170 valence electrons. The zero-order valence-corrected chi connectivity index (χ0v) is 17.9. The monoisotopic (exact) mass is 447 g/mol. The molecule has 0 fully saturated rings. The fourth-order valence-electron chi connectivity index (χ4n) is 2.81. The summed E-state index contributed by atoms with van der Waals surface area (Å²) in [5.41, 5.74) is 3.83. The third kappa shape index (κ3) is 7.21. The van der Waals surface area contributed by atoms with E-state index in [1.807, 2.05) is 0 Å². The molecule has 2 rings (SSSR count). The fraction of sp³-hybridized carbons (Fsp3) is 0.174. The molecule has 0 unspecified atom stereocenters. The molecule has 0 saturated heterocycles. The molecule has 0 spiro atoms. The minimum absolute atomic E-state index is 0.0857. The molecule has 3 N–H and O–H groups in total. The van der Waals surface area contributed by atoms with Crippen LogP contribution in [0.4, 0.5) is 18.9 Å². The Balaban J connectivity index is 0.00000249. The molecule has 0 aliphatic carbocycles. The Morgan fingerprint density at radius 1 is 1.06 bits per heavy atom. The van der Waals surface area contributed by atoms with E-state index in [1.54, 1.807) is 18.2 Å². The first-order valence-corrected chi connectivity index (χ1v) is 9.35. The summed E-state index contributed by atoms with van der Waals surface area (Å²) in [5.74, 6) is -0.382. The number of nitrogens with two attached hydrogens (primary N) is 1. The van der Waals surface area contributed by atoms with Gasteiger partial charge in [-0.05, 0) is 26.5 Å². The van der Waals surface area contributed by atoms with Crippen LogP contribution in [0.1, 0.15) is 25.0 Å². The molecule has 6 nitrogen and oxygen atoms in total. The number of hydrogen-bond acceptors (Lipinski definition) is 5. The second-order valence-electron chi connectivity index (χ2n) is 6.44. The molecule has 0 saturated carbocycles. The normalized spacial score (nSPS) is 12.2. The number of rotatable bonds is 7. The molecule has 0 aliphatic heterocycles. The van der Waals surface area contributed by atoms with Gasteiger partial charge in [-0.3, -0.25) is 14.9 Å². The van der Waals surface area contributed by atoms with E-state index in [0.717, 1.165) is 0 Å². The summed E-state index contributed by atoms with van der Waals surface area (Å²) in [5, 5.41) is 13.9.